The maximum absolute atomic E-state index is 11.0. The van der Waals surface area contributed by atoms with Gasteiger partial charge in [-0.15, -0.1) is 0 Å². The number of alkyl halides is 1. The van der Waals surface area contributed by atoms with E-state index in [-0.39, 0.29) is 4.66 Å². The fourth-order valence-corrected chi connectivity index (χ4v) is 1.93. The number of allylic oxidation sites excluding steroid dienone is 3. The quantitative estimate of drug-likeness (QED) is 0.388. The molecular weight excluding hydrogens is 276 g/mol. The van der Waals surface area contributed by atoms with Crippen LogP contribution < -0.4 is 0 Å². The van der Waals surface area contributed by atoms with Crippen LogP contribution in [0.25, 0.3) is 0 Å². The predicted molar refractivity (Wildman–Crippen MR) is 69.8 cm³/mol. The van der Waals surface area contributed by atoms with Crippen LogP contribution >= 0.6 is 15.9 Å². The van der Waals surface area contributed by atoms with E-state index in [4.69, 9.17) is 0 Å². The van der Waals surface area contributed by atoms with Gasteiger partial charge in [-0.2, -0.15) is 0 Å². The summed E-state index contributed by atoms with van der Waals surface area (Å²) in [5.41, 5.74) is 0. The summed E-state index contributed by atoms with van der Waals surface area (Å²) in [6.45, 7) is 2.18. The van der Waals surface area contributed by atoms with Crippen molar-refractivity contribution in [3.05, 3.63) is 23.6 Å². The van der Waals surface area contributed by atoms with Crippen LogP contribution in [0.15, 0.2) is 23.6 Å². The van der Waals surface area contributed by atoms with Gasteiger partial charge in [-0.3, -0.25) is 0 Å². The number of hydrogen-bond donors (Lipinski definition) is 0. The van der Waals surface area contributed by atoms with Gasteiger partial charge in [0.1, 0.15) is 4.66 Å². The molecule has 0 spiro atoms. The number of rotatable bonds is 8. The lowest BCUT2D eigenvalue weighted by Gasteiger charge is -1.93. The third kappa shape index (κ3) is 10.2. The molecule has 0 bridgehead atoms. The van der Waals surface area contributed by atoms with Crippen molar-refractivity contribution < 1.29 is 8.42 Å². The van der Waals surface area contributed by atoms with E-state index >= 15 is 0 Å². The molecule has 4 heteroatoms. The molecule has 0 fully saturated rings. The fourth-order valence-electron chi connectivity index (χ4n) is 1.07. The molecule has 15 heavy (non-hydrogen) atoms. The molecule has 0 N–H and O–H groups in total. The second-order valence-corrected chi connectivity index (χ2v) is 6.57. The van der Waals surface area contributed by atoms with Crippen molar-refractivity contribution in [3.8, 4) is 0 Å². The topological polar surface area (TPSA) is 34.1 Å². The first-order valence-corrected chi connectivity index (χ1v) is 8.08. The molecule has 0 atom stereocenters. The van der Waals surface area contributed by atoms with Gasteiger partial charge in [0.25, 0.3) is 0 Å². The van der Waals surface area contributed by atoms with Gasteiger partial charge in [0.15, 0.2) is 9.84 Å². The van der Waals surface area contributed by atoms with E-state index in [2.05, 4.69) is 22.9 Å². The van der Waals surface area contributed by atoms with Gasteiger partial charge in [0, 0.05) is 5.41 Å². The van der Waals surface area contributed by atoms with E-state index < -0.39 is 9.84 Å². The monoisotopic (exact) mass is 294 g/mol. The lowest BCUT2D eigenvalue weighted by Crippen LogP contribution is -1.93. The van der Waals surface area contributed by atoms with Crippen molar-refractivity contribution in [2.45, 2.75) is 39.0 Å². The second-order valence-electron chi connectivity index (χ2n) is 3.38. The summed E-state index contributed by atoms with van der Waals surface area (Å²) in [5.74, 6) is 0. The highest BCUT2D eigenvalue weighted by atomic mass is 79.9. The van der Waals surface area contributed by atoms with Crippen LogP contribution in [0.5, 0.6) is 0 Å². The molecule has 0 aromatic heterocycles. The molecule has 0 amide bonds. The van der Waals surface area contributed by atoms with E-state index in [9.17, 15) is 8.42 Å². The van der Waals surface area contributed by atoms with Gasteiger partial charge in [0.05, 0.1) is 0 Å². The zero-order valence-corrected chi connectivity index (χ0v) is 11.6. The maximum Gasteiger partial charge on any atom is 0.181 e. The minimum absolute atomic E-state index is 0.0131. The van der Waals surface area contributed by atoms with Crippen molar-refractivity contribution >= 4 is 25.8 Å². The molecule has 0 aliphatic carbocycles. The van der Waals surface area contributed by atoms with Crippen LogP contribution in [0.4, 0.5) is 0 Å². The molecular formula is C11H19BrO2S. The first kappa shape index (κ1) is 14.9. The van der Waals surface area contributed by atoms with Crippen molar-refractivity contribution in [2.24, 2.45) is 0 Å². The molecule has 0 radical (unpaired) electrons. The Hall–Kier alpha value is -0.0900. The van der Waals surface area contributed by atoms with E-state index in [0.717, 1.165) is 6.42 Å². The Labute approximate surface area is 102 Å². The van der Waals surface area contributed by atoms with Crippen LogP contribution in [0.3, 0.4) is 0 Å². The molecule has 0 aliphatic heterocycles. The summed E-state index contributed by atoms with van der Waals surface area (Å²) < 4.78 is 22.0. The molecule has 0 unspecified atom stereocenters. The van der Waals surface area contributed by atoms with Crippen molar-refractivity contribution in [3.63, 3.8) is 0 Å². The van der Waals surface area contributed by atoms with Gasteiger partial charge in [-0.05, 0) is 12.8 Å². The van der Waals surface area contributed by atoms with E-state index in [1.807, 2.05) is 6.08 Å². The molecule has 0 aromatic rings. The Morgan fingerprint density at radius 1 is 1.13 bits per heavy atom. The van der Waals surface area contributed by atoms with Gasteiger partial charge in [-0.1, -0.05) is 60.3 Å². The average molecular weight is 295 g/mol. The summed E-state index contributed by atoms with van der Waals surface area (Å²) in [6, 6.07) is 0. The molecule has 0 rings (SSSR count). The molecule has 0 aliphatic rings. The van der Waals surface area contributed by atoms with Crippen molar-refractivity contribution in [1.29, 1.82) is 0 Å². The summed E-state index contributed by atoms with van der Waals surface area (Å²) in [7, 11) is -3.04. The van der Waals surface area contributed by atoms with Gasteiger partial charge in [0.2, 0.25) is 0 Å². The fraction of sp³-hybridized carbons (Fsp3) is 0.636. The standard InChI is InChI=1S/C11H19BrO2S/c1-2-3-4-5-6-7-8-9-10-15(13,14)11-12/h7-10H,2-6,11H2,1H3/b8-7+,10-9+. The Kier molecular flexibility index (Phi) is 9.10. The van der Waals surface area contributed by atoms with Crippen LogP contribution in [-0.2, 0) is 9.84 Å². The lowest BCUT2D eigenvalue weighted by atomic mass is 10.1. The van der Waals surface area contributed by atoms with Gasteiger partial charge >= 0.3 is 0 Å². The molecule has 2 nitrogen and oxygen atoms in total. The normalized spacial score (nSPS) is 12.9. The molecule has 0 heterocycles. The van der Waals surface area contributed by atoms with Gasteiger partial charge in [-0.25, -0.2) is 8.42 Å². The Morgan fingerprint density at radius 3 is 2.47 bits per heavy atom. The van der Waals surface area contributed by atoms with Crippen LogP contribution in [-0.4, -0.2) is 13.1 Å². The highest BCUT2D eigenvalue weighted by Crippen LogP contribution is 2.03. The Morgan fingerprint density at radius 2 is 1.87 bits per heavy atom. The SMILES string of the molecule is CCCCCC/C=C/C=C/S(=O)(=O)CBr. The highest BCUT2D eigenvalue weighted by Gasteiger charge is 1.99. The second kappa shape index (κ2) is 9.16. The highest BCUT2D eigenvalue weighted by molar-refractivity contribution is 9.10. The molecule has 0 saturated heterocycles. The summed E-state index contributed by atoms with van der Waals surface area (Å²) in [5, 5.41) is 1.23. The van der Waals surface area contributed by atoms with Crippen molar-refractivity contribution in [2.75, 3.05) is 4.66 Å². The van der Waals surface area contributed by atoms with E-state index in [0.29, 0.717) is 0 Å². The van der Waals surface area contributed by atoms with Gasteiger partial charge < -0.3 is 0 Å². The third-order valence-corrected chi connectivity index (χ3v) is 4.70. The first-order valence-electron chi connectivity index (χ1n) is 5.24. The molecule has 0 aromatic carbocycles. The Balaban J connectivity index is 3.63. The third-order valence-electron chi connectivity index (χ3n) is 1.91. The number of unbranched alkanes of at least 4 members (excludes halogenated alkanes) is 4. The van der Waals surface area contributed by atoms with Crippen LogP contribution in [0, 0.1) is 0 Å². The minimum Gasteiger partial charge on any atom is -0.223 e. The average Bonchev–Trinajstić information content (AvgIpc) is 2.22. The largest absolute Gasteiger partial charge is 0.223 e. The summed E-state index contributed by atoms with van der Waals surface area (Å²) in [4.78, 5) is 0. The summed E-state index contributed by atoms with van der Waals surface area (Å²) >= 11 is 2.92. The molecule has 88 valence electrons. The molecule has 0 saturated carbocycles. The number of sulfone groups is 1. The number of hydrogen-bond acceptors (Lipinski definition) is 2. The smallest absolute Gasteiger partial charge is 0.181 e. The lowest BCUT2D eigenvalue weighted by molar-refractivity contribution is 0.609. The minimum atomic E-state index is -3.04. The van der Waals surface area contributed by atoms with Crippen LogP contribution in [0.1, 0.15) is 39.0 Å². The number of halogens is 1. The zero-order chi connectivity index (χ0) is 11.6. The summed E-state index contributed by atoms with van der Waals surface area (Å²) in [6.07, 6.45) is 11.4. The van der Waals surface area contributed by atoms with Crippen LogP contribution in [0.2, 0.25) is 0 Å². The Bertz CT molecular complexity index is 292. The zero-order valence-electron chi connectivity index (χ0n) is 9.15. The van der Waals surface area contributed by atoms with E-state index in [1.54, 1.807) is 12.2 Å². The first-order chi connectivity index (χ1) is 7.12. The maximum atomic E-state index is 11.0. The van der Waals surface area contributed by atoms with Crippen molar-refractivity contribution in [1.82, 2.24) is 0 Å². The van der Waals surface area contributed by atoms with E-state index in [1.165, 1.54) is 31.1 Å². The predicted octanol–water partition coefficient (Wildman–Crippen LogP) is 3.79.